The van der Waals surface area contributed by atoms with Crippen LogP contribution in [-0.4, -0.2) is 17.6 Å². The molecule has 1 unspecified atom stereocenters. The van der Waals surface area contributed by atoms with Gasteiger partial charge in [-0.3, -0.25) is 4.79 Å². The molecule has 0 aromatic carbocycles. The van der Waals surface area contributed by atoms with Gasteiger partial charge >= 0.3 is 5.97 Å². The summed E-state index contributed by atoms with van der Waals surface area (Å²) in [6, 6.07) is 4.71. The zero-order chi connectivity index (χ0) is 12.7. The van der Waals surface area contributed by atoms with Gasteiger partial charge in [-0.2, -0.15) is 0 Å². The minimum absolute atomic E-state index is 0.291. The molecule has 1 aromatic rings. The number of aryl methyl sites for hydroxylation is 1. The maximum absolute atomic E-state index is 10.3. The van der Waals surface area contributed by atoms with Gasteiger partial charge in [0.05, 0.1) is 0 Å². The SMILES string of the molecule is Cc1ccc(C(C)NCCCCCC(=O)O)s1. The van der Waals surface area contributed by atoms with E-state index in [1.54, 1.807) is 0 Å². The van der Waals surface area contributed by atoms with Crippen molar-refractivity contribution in [2.45, 2.75) is 45.6 Å². The predicted octanol–water partition coefficient (Wildman–Crippen LogP) is 3.35. The molecule has 0 spiro atoms. The van der Waals surface area contributed by atoms with E-state index in [0.29, 0.717) is 12.5 Å². The van der Waals surface area contributed by atoms with Crippen molar-refractivity contribution in [3.63, 3.8) is 0 Å². The third kappa shape index (κ3) is 5.84. The van der Waals surface area contributed by atoms with Gasteiger partial charge in [0.15, 0.2) is 0 Å². The maximum atomic E-state index is 10.3. The average molecular weight is 255 g/mol. The van der Waals surface area contributed by atoms with Gasteiger partial charge in [0.1, 0.15) is 0 Å². The normalized spacial score (nSPS) is 12.6. The molecule has 0 aliphatic carbocycles. The first-order valence-corrected chi connectivity index (χ1v) is 6.92. The van der Waals surface area contributed by atoms with Crippen molar-refractivity contribution in [1.82, 2.24) is 5.32 Å². The lowest BCUT2D eigenvalue weighted by Crippen LogP contribution is -2.18. The van der Waals surface area contributed by atoms with Crippen molar-refractivity contribution >= 4 is 17.3 Å². The highest BCUT2D eigenvalue weighted by atomic mass is 32.1. The molecule has 2 N–H and O–H groups in total. The van der Waals surface area contributed by atoms with Gasteiger partial charge in [-0.25, -0.2) is 0 Å². The molecule has 0 aliphatic heterocycles. The van der Waals surface area contributed by atoms with E-state index < -0.39 is 5.97 Å². The van der Waals surface area contributed by atoms with Crippen LogP contribution in [0.3, 0.4) is 0 Å². The van der Waals surface area contributed by atoms with E-state index in [4.69, 9.17) is 5.11 Å². The Morgan fingerprint density at radius 1 is 1.41 bits per heavy atom. The van der Waals surface area contributed by atoms with E-state index in [1.807, 2.05) is 11.3 Å². The quantitative estimate of drug-likeness (QED) is 0.700. The second-order valence-electron chi connectivity index (χ2n) is 4.33. The van der Waals surface area contributed by atoms with E-state index in [-0.39, 0.29) is 0 Å². The van der Waals surface area contributed by atoms with Crippen LogP contribution in [0.1, 0.15) is 48.4 Å². The number of nitrogens with one attached hydrogen (secondary N) is 1. The highest BCUT2D eigenvalue weighted by molar-refractivity contribution is 7.12. The predicted molar refractivity (Wildman–Crippen MR) is 71.6 cm³/mol. The van der Waals surface area contributed by atoms with Gasteiger partial charge in [0, 0.05) is 22.2 Å². The smallest absolute Gasteiger partial charge is 0.303 e. The topological polar surface area (TPSA) is 49.3 Å². The Kier molecular flexibility index (Phi) is 6.22. The number of carbonyl (C=O) groups is 1. The number of hydrogen-bond acceptors (Lipinski definition) is 3. The summed E-state index contributed by atoms with van der Waals surface area (Å²) in [7, 11) is 0. The summed E-state index contributed by atoms with van der Waals surface area (Å²) in [5.41, 5.74) is 0. The number of aliphatic carboxylic acids is 1. The number of hydrogen-bond donors (Lipinski definition) is 2. The van der Waals surface area contributed by atoms with Crippen LogP contribution in [0, 0.1) is 6.92 Å². The van der Waals surface area contributed by atoms with Crippen molar-refractivity contribution in [3.05, 3.63) is 21.9 Å². The van der Waals surface area contributed by atoms with Crippen LogP contribution >= 0.6 is 11.3 Å². The van der Waals surface area contributed by atoms with E-state index in [2.05, 4.69) is 31.3 Å². The molecule has 1 rings (SSSR count). The Labute approximate surface area is 107 Å². The molecule has 0 fully saturated rings. The van der Waals surface area contributed by atoms with Gasteiger partial charge in [0.2, 0.25) is 0 Å². The van der Waals surface area contributed by atoms with Gasteiger partial charge in [-0.15, -0.1) is 11.3 Å². The second kappa shape index (κ2) is 7.45. The molecule has 1 heterocycles. The standard InChI is InChI=1S/C13H21NO2S/c1-10-7-8-12(17-10)11(2)14-9-5-3-4-6-13(15)16/h7-8,11,14H,3-6,9H2,1-2H3,(H,15,16). The molecule has 0 saturated carbocycles. The first kappa shape index (κ1) is 14.2. The van der Waals surface area contributed by atoms with Crippen LogP contribution in [0.25, 0.3) is 0 Å². The fraction of sp³-hybridized carbons (Fsp3) is 0.615. The minimum atomic E-state index is -0.694. The van der Waals surface area contributed by atoms with Crippen molar-refractivity contribution in [1.29, 1.82) is 0 Å². The summed E-state index contributed by atoms with van der Waals surface area (Å²) in [5, 5.41) is 12.0. The van der Waals surface area contributed by atoms with Crippen molar-refractivity contribution in [3.8, 4) is 0 Å². The fourth-order valence-electron chi connectivity index (χ4n) is 1.68. The Morgan fingerprint density at radius 3 is 2.76 bits per heavy atom. The summed E-state index contributed by atoms with van der Waals surface area (Å²) in [6.45, 7) is 5.24. The molecular formula is C13H21NO2S. The third-order valence-electron chi connectivity index (χ3n) is 2.71. The summed E-state index contributed by atoms with van der Waals surface area (Å²) < 4.78 is 0. The molecule has 0 amide bonds. The lowest BCUT2D eigenvalue weighted by molar-refractivity contribution is -0.137. The van der Waals surface area contributed by atoms with E-state index in [1.165, 1.54) is 9.75 Å². The molecule has 1 aromatic heterocycles. The molecule has 0 radical (unpaired) electrons. The highest BCUT2D eigenvalue weighted by Crippen LogP contribution is 2.22. The highest BCUT2D eigenvalue weighted by Gasteiger charge is 2.06. The Balaban J connectivity index is 2.08. The van der Waals surface area contributed by atoms with Crippen molar-refractivity contribution in [2.24, 2.45) is 0 Å². The molecule has 1 atom stereocenters. The zero-order valence-electron chi connectivity index (χ0n) is 10.5. The largest absolute Gasteiger partial charge is 0.481 e. The molecule has 0 bridgehead atoms. The number of carboxylic acid groups (broad SMARTS) is 1. The van der Waals surface area contributed by atoms with Gasteiger partial charge in [-0.1, -0.05) is 6.42 Å². The summed E-state index contributed by atoms with van der Waals surface area (Å²) in [4.78, 5) is 13.0. The molecular weight excluding hydrogens is 234 g/mol. The van der Waals surface area contributed by atoms with Gasteiger partial charge in [-0.05, 0) is 45.4 Å². The average Bonchev–Trinajstić information content (AvgIpc) is 2.69. The van der Waals surface area contributed by atoms with Crippen molar-refractivity contribution < 1.29 is 9.90 Å². The molecule has 4 heteroatoms. The number of carboxylic acids is 1. The maximum Gasteiger partial charge on any atom is 0.303 e. The number of rotatable bonds is 8. The minimum Gasteiger partial charge on any atom is -0.481 e. The fourth-order valence-corrected chi connectivity index (χ4v) is 2.59. The summed E-state index contributed by atoms with van der Waals surface area (Å²) >= 11 is 1.83. The summed E-state index contributed by atoms with van der Waals surface area (Å²) in [6.07, 6.45) is 3.10. The van der Waals surface area contributed by atoms with Gasteiger partial charge in [0.25, 0.3) is 0 Å². The Bertz CT molecular complexity index is 349. The first-order chi connectivity index (χ1) is 8.09. The second-order valence-corrected chi connectivity index (χ2v) is 5.65. The number of thiophene rings is 1. The van der Waals surface area contributed by atoms with Crippen LogP contribution in [-0.2, 0) is 4.79 Å². The first-order valence-electron chi connectivity index (χ1n) is 6.11. The Hall–Kier alpha value is -0.870. The molecule has 0 aliphatic rings. The van der Waals surface area contributed by atoms with Gasteiger partial charge < -0.3 is 10.4 Å². The summed E-state index contributed by atoms with van der Waals surface area (Å²) in [5.74, 6) is -0.694. The van der Waals surface area contributed by atoms with E-state index in [9.17, 15) is 4.79 Å². The monoisotopic (exact) mass is 255 g/mol. The van der Waals surface area contributed by atoms with E-state index in [0.717, 1.165) is 25.8 Å². The van der Waals surface area contributed by atoms with Crippen LogP contribution in [0.2, 0.25) is 0 Å². The van der Waals surface area contributed by atoms with Crippen molar-refractivity contribution in [2.75, 3.05) is 6.54 Å². The third-order valence-corrected chi connectivity index (χ3v) is 3.89. The van der Waals surface area contributed by atoms with E-state index >= 15 is 0 Å². The van der Waals surface area contributed by atoms with Crippen LogP contribution in [0.15, 0.2) is 12.1 Å². The molecule has 17 heavy (non-hydrogen) atoms. The van der Waals surface area contributed by atoms with Crippen LogP contribution in [0.4, 0.5) is 0 Å². The number of unbranched alkanes of at least 4 members (excludes halogenated alkanes) is 2. The molecule has 3 nitrogen and oxygen atoms in total. The molecule has 96 valence electrons. The van der Waals surface area contributed by atoms with Crippen LogP contribution < -0.4 is 5.32 Å². The Morgan fingerprint density at radius 2 is 2.18 bits per heavy atom. The lowest BCUT2D eigenvalue weighted by atomic mass is 10.2. The molecule has 0 saturated heterocycles. The lowest BCUT2D eigenvalue weighted by Gasteiger charge is -2.11. The zero-order valence-corrected chi connectivity index (χ0v) is 11.3. The van der Waals surface area contributed by atoms with Crippen LogP contribution in [0.5, 0.6) is 0 Å².